The van der Waals surface area contributed by atoms with Crippen LogP contribution in [0.5, 0.6) is 5.75 Å². The van der Waals surface area contributed by atoms with Gasteiger partial charge in [0.25, 0.3) is 5.56 Å². The normalized spacial score (nSPS) is 10.9. The summed E-state index contributed by atoms with van der Waals surface area (Å²) < 4.78 is 7.19. The van der Waals surface area contributed by atoms with Gasteiger partial charge in [0.15, 0.2) is 5.16 Å². The third-order valence-electron chi connectivity index (χ3n) is 5.36. The van der Waals surface area contributed by atoms with E-state index in [1.165, 1.54) is 11.8 Å². The van der Waals surface area contributed by atoms with Crippen molar-refractivity contribution < 1.29 is 9.53 Å². The third kappa shape index (κ3) is 4.78. The molecule has 7 heteroatoms. The number of rotatable bonds is 7. The maximum absolute atomic E-state index is 13.5. The van der Waals surface area contributed by atoms with Crippen molar-refractivity contribution in [2.24, 2.45) is 0 Å². The van der Waals surface area contributed by atoms with E-state index in [1.807, 2.05) is 75.4 Å². The Balaban J connectivity index is 1.68. The molecular formula is C26H25N3O3S. The fourth-order valence-electron chi connectivity index (χ4n) is 3.57. The average Bonchev–Trinajstić information content (AvgIpc) is 2.81. The lowest BCUT2D eigenvalue weighted by atomic mass is 10.1. The van der Waals surface area contributed by atoms with E-state index in [4.69, 9.17) is 9.72 Å². The van der Waals surface area contributed by atoms with E-state index >= 15 is 0 Å². The van der Waals surface area contributed by atoms with Crippen LogP contribution in [0.15, 0.2) is 76.7 Å². The summed E-state index contributed by atoms with van der Waals surface area (Å²) >= 11 is 1.23. The lowest BCUT2D eigenvalue weighted by molar-refractivity contribution is -0.113. The van der Waals surface area contributed by atoms with Gasteiger partial charge < -0.3 is 10.1 Å². The van der Waals surface area contributed by atoms with E-state index in [0.717, 1.165) is 16.8 Å². The van der Waals surface area contributed by atoms with Gasteiger partial charge >= 0.3 is 0 Å². The second-order valence-corrected chi connectivity index (χ2v) is 8.48. The highest BCUT2D eigenvalue weighted by Gasteiger charge is 2.17. The molecule has 0 bridgehead atoms. The summed E-state index contributed by atoms with van der Waals surface area (Å²) in [6.45, 7) is 6.39. The Hall–Kier alpha value is -3.58. The quantitative estimate of drug-likeness (QED) is 0.306. The van der Waals surface area contributed by atoms with Crippen molar-refractivity contribution in [1.82, 2.24) is 9.55 Å². The van der Waals surface area contributed by atoms with Gasteiger partial charge in [-0.15, -0.1) is 0 Å². The van der Waals surface area contributed by atoms with Gasteiger partial charge in [-0.1, -0.05) is 48.2 Å². The van der Waals surface area contributed by atoms with Gasteiger partial charge in [-0.2, -0.15) is 0 Å². The van der Waals surface area contributed by atoms with Crippen LogP contribution in [0.1, 0.15) is 18.1 Å². The molecule has 33 heavy (non-hydrogen) atoms. The van der Waals surface area contributed by atoms with Crippen LogP contribution in [0, 0.1) is 13.8 Å². The maximum atomic E-state index is 13.5. The summed E-state index contributed by atoms with van der Waals surface area (Å²) in [6.07, 6.45) is 0. The number of carbonyl (C=O) groups is 1. The highest BCUT2D eigenvalue weighted by Crippen LogP contribution is 2.26. The molecule has 3 aromatic carbocycles. The number of anilines is 1. The lowest BCUT2D eigenvalue weighted by Gasteiger charge is -2.16. The highest BCUT2D eigenvalue weighted by atomic mass is 32.2. The molecular weight excluding hydrogens is 434 g/mol. The van der Waals surface area contributed by atoms with Gasteiger partial charge in [-0.05, 0) is 62.2 Å². The van der Waals surface area contributed by atoms with Crippen LogP contribution in [-0.2, 0) is 4.79 Å². The van der Waals surface area contributed by atoms with E-state index in [2.05, 4.69) is 5.32 Å². The van der Waals surface area contributed by atoms with Crippen molar-refractivity contribution in [2.45, 2.75) is 25.9 Å². The van der Waals surface area contributed by atoms with Gasteiger partial charge in [0.1, 0.15) is 5.75 Å². The van der Waals surface area contributed by atoms with Crippen molar-refractivity contribution in [3.05, 3.63) is 88.2 Å². The Labute approximate surface area is 196 Å². The maximum Gasteiger partial charge on any atom is 0.266 e. The van der Waals surface area contributed by atoms with E-state index in [0.29, 0.717) is 34.1 Å². The van der Waals surface area contributed by atoms with Crippen LogP contribution in [0.4, 0.5) is 5.69 Å². The number of nitrogens with one attached hydrogen (secondary N) is 1. The Morgan fingerprint density at radius 3 is 2.61 bits per heavy atom. The molecule has 168 valence electrons. The highest BCUT2D eigenvalue weighted by molar-refractivity contribution is 7.99. The minimum Gasteiger partial charge on any atom is -0.492 e. The molecule has 4 aromatic rings. The predicted octanol–water partition coefficient (Wildman–Crippen LogP) is 5.13. The first-order chi connectivity index (χ1) is 16.0. The van der Waals surface area contributed by atoms with Crippen molar-refractivity contribution in [1.29, 1.82) is 0 Å². The molecule has 0 fully saturated rings. The number of amides is 1. The Kier molecular flexibility index (Phi) is 6.79. The lowest BCUT2D eigenvalue weighted by Crippen LogP contribution is -2.23. The molecule has 0 saturated carbocycles. The molecule has 0 aliphatic rings. The molecule has 1 N–H and O–H groups in total. The molecule has 0 atom stereocenters. The monoisotopic (exact) mass is 459 g/mol. The van der Waals surface area contributed by atoms with Gasteiger partial charge in [-0.25, -0.2) is 4.98 Å². The number of benzene rings is 3. The van der Waals surface area contributed by atoms with E-state index in [9.17, 15) is 9.59 Å². The number of hydrogen-bond donors (Lipinski definition) is 1. The second kappa shape index (κ2) is 9.92. The second-order valence-electron chi connectivity index (χ2n) is 7.54. The summed E-state index contributed by atoms with van der Waals surface area (Å²) in [5.41, 5.74) is 3.90. The number of para-hydroxylation sites is 3. The zero-order valence-corrected chi connectivity index (χ0v) is 19.6. The van der Waals surface area contributed by atoms with Crippen LogP contribution < -0.4 is 15.6 Å². The van der Waals surface area contributed by atoms with E-state index in [1.54, 1.807) is 16.7 Å². The fourth-order valence-corrected chi connectivity index (χ4v) is 4.37. The zero-order chi connectivity index (χ0) is 23.4. The summed E-state index contributed by atoms with van der Waals surface area (Å²) in [7, 11) is 0. The molecule has 0 aliphatic carbocycles. The molecule has 1 heterocycles. The van der Waals surface area contributed by atoms with Crippen LogP contribution in [0.25, 0.3) is 16.6 Å². The number of nitrogens with zero attached hydrogens (tertiary/aromatic N) is 2. The van der Waals surface area contributed by atoms with E-state index < -0.39 is 0 Å². The Morgan fingerprint density at radius 2 is 1.79 bits per heavy atom. The minimum atomic E-state index is -0.206. The number of hydrogen-bond acceptors (Lipinski definition) is 5. The fraction of sp³-hybridized carbons (Fsp3) is 0.192. The number of ether oxygens (including phenoxy) is 1. The van der Waals surface area contributed by atoms with Crippen molar-refractivity contribution in [3.63, 3.8) is 0 Å². The first-order valence-corrected chi connectivity index (χ1v) is 11.7. The van der Waals surface area contributed by atoms with Crippen LogP contribution in [0.2, 0.25) is 0 Å². The topological polar surface area (TPSA) is 73.2 Å². The van der Waals surface area contributed by atoms with Crippen LogP contribution in [-0.4, -0.2) is 27.8 Å². The minimum absolute atomic E-state index is 0.0934. The molecule has 6 nitrogen and oxygen atoms in total. The number of carbonyl (C=O) groups excluding carboxylic acids is 1. The molecule has 0 unspecified atom stereocenters. The molecule has 0 spiro atoms. The summed E-state index contributed by atoms with van der Waals surface area (Å²) in [6, 6.07) is 20.4. The van der Waals surface area contributed by atoms with Crippen LogP contribution in [0.3, 0.4) is 0 Å². The van der Waals surface area contributed by atoms with E-state index in [-0.39, 0.29) is 17.2 Å². The van der Waals surface area contributed by atoms with Gasteiger partial charge in [0, 0.05) is 0 Å². The van der Waals surface area contributed by atoms with Gasteiger partial charge in [0.05, 0.1) is 34.6 Å². The standard InChI is InChI=1S/C26H25N3O3S/c1-4-32-23-15-8-7-13-21(23)27-24(30)16-33-26-28-20-12-6-5-11-19(20)25(31)29(26)22-14-9-10-17(2)18(22)3/h5-15H,4,16H2,1-3H3,(H,27,30). The first-order valence-electron chi connectivity index (χ1n) is 10.7. The number of fused-ring (bicyclic) bond motifs is 1. The van der Waals surface area contributed by atoms with Crippen LogP contribution >= 0.6 is 11.8 Å². The molecule has 1 aromatic heterocycles. The third-order valence-corrected chi connectivity index (χ3v) is 6.29. The molecule has 0 aliphatic heterocycles. The summed E-state index contributed by atoms with van der Waals surface area (Å²) in [4.78, 5) is 30.9. The zero-order valence-electron chi connectivity index (χ0n) is 18.8. The van der Waals surface area contributed by atoms with Gasteiger partial charge in [-0.3, -0.25) is 14.2 Å². The largest absolute Gasteiger partial charge is 0.492 e. The van der Waals surface area contributed by atoms with Gasteiger partial charge in [0.2, 0.25) is 5.91 Å². The predicted molar refractivity (Wildman–Crippen MR) is 134 cm³/mol. The molecule has 4 rings (SSSR count). The van der Waals surface area contributed by atoms with Crippen molar-refractivity contribution in [3.8, 4) is 11.4 Å². The molecule has 0 radical (unpaired) electrons. The van der Waals surface area contributed by atoms with Crippen molar-refractivity contribution >= 4 is 34.3 Å². The average molecular weight is 460 g/mol. The first kappa shape index (κ1) is 22.6. The SMILES string of the molecule is CCOc1ccccc1NC(=O)CSc1nc2ccccc2c(=O)n1-c1cccc(C)c1C. The molecule has 1 amide bonds. The smallest absolute Gasteiger partial charge is 0.266 e. The van der Waals surface area contributed by atoms with Crippen molar-refractivity contribution in [2.75, 3.05) is 17.7 Å². The Bertz CT molecular complexity index is 1380. The Morgan fingerprint density at radius 1 is 1.03 bits per heavy atom. The number of aryl methyl sites for hydroxylation is 1. The number of aromatic nitrogens is 2. The summed E-state index contributed by atoms with van der Waals surface area (Å²) in [5.74, 6) is 0.507. The summed E-state index contributed by atoms with van der Waals surface area (Å²) in [5, 5.41) is 3.91. The molecule has 0 saturated heterocycles. The number of thioether (sulfide) groups is 1.